The maximum atomic E-state index is 13.7. The second-order valence-electron chi connectivity index (χ2n) is 6.39. The molecule has 0 aromatic carbocycles. The van der Waals surface area contributed by atoms with Gasteiger partial charge in [-0.2, -0.15) is 0 Å². The molecule has 2 aromatic heterocycles. The Labute approximate surface area is 139 Å². The summed E-state index contributed by atoms with van der Waals surface area (Å²) < 4.78 is 15.0. The molecule has 0 aliphatic carbocycles. The van der Waals surface area contributed by atoms with Gasteiger partial charge in [0.25, 0.3) is 0 Å². The van der Waals surface area contributed by atoms with Crippen LogP contribution in [-0.4, -0.2) is 49.0 Å². The first-order valence-corrected chi connectivity index (χ1v) is 7.83. The largest absolute Gasteiger partial charge is 0.388 e. The summed E-state index contributed by atoms with van der Waals surface area (Å²) >= 11 is 0. The van der Waals surface area contributed by atoms with Crippen molar-refractivity contribution in [2.45, 2.75) is 38.3 Å². The molecule has 0 spiro atoms. The molecule has 1 fully saturated rings. The third-order valence-electron chi connectivity index (χ3n) is 4.11. The third-order valence-corrected chi connectivity index (χ3v) is 4.11. The number of rotatable bonds is 3. The van der Waals surface area contributed by atoms with Gasteiger partial charge < -0.3 is 10.0 Å². The monoisotopic (exact) mass is 333 g/mol. The number of hydrogen-bond donors (Lipinski definition) is 2. The Hall–Kier alpha value is -2.48. The van der Waals surface area contributed by atoms with Crippen LogP contribution in [0.3, 0.4) is 0 Å². The molecule has 0 bridgehead atoms. The molecule has 8 heteroatoms. The van der Waals surface area contributed by atoms with Gasteiger partial charge in [0, 0.05) is 25.0 Å². The van der Waals surface area contributed by atoms with E-state index in [4.69, 9.17) is 0 Å². The molecule has 3 heterocycles. The minimum atomic E-state index is -0.968. The fourth-order valence-electron chi connectivity index (χ4n) is 2.98. The van der Waals surface area contributed by atoms with Gasteiger partial charge in [0.15, 0.2) is 17.5 Å². The number of aromatic nitrogens is 3. The summed E-state index contributed by atoms with van der Waals surface area (Å²) in [6.45, 7) is 3.97. The van der Waals surface area contributed by atoms with Gasteiger partial charge in [-0.25, -0.2) is 18.9 Å². The van der Waals surface area contributed by atoms with E-state index in [9.17, 15) is 14.3 Å². The fraction of sp³-hybridized carbons (Fsp3) is 0.438. The van der Waals surface area contributed by atoms with Gasteiger partial charge in [-0.15, -0.1) is 5.10 Å². The van der Waals surface area contributed by atoms with E-state index in [-0.39, 0.29) is 17.9 Å². The lowest BCUT2D eigenvalue weighted by Gasteiger charge is -2.33. The van der Waals surface area contributed by atoms with Crippen LogP contribution >= 0.6 is 0 Å². The second-order valence-corrected chi connectivity index (χ2v) is 6.39. The predicted molar refractivity (Wildman–Crippen MR) is 86.4 cm³/mol. The molecule has 2 N–H and O–H groups in total. The number of amides is 2. The van der Waals surface area contributed by atoms with E-state index in [1.54, 1.807) is 24.8 Å². The van der Waals surface area contributed by atoms with Gasteiger partial charge in [-0.1, -0.05) is 0 Å². The third kappa shape index (κ3) is 3.23. The van der Waals surface area contributed by atoms with Crippen molar-refractivity contribution in [3.63, 3.8) is 0 Å². The molecule has 3 rings (SSSR count). The van der Waals surface area contributed by atoms with Crippen molar-refractivity contribution < 1.29 is 14.3 Å². The smallest absolute Gasteiger partial charge is 0.323 e. The van der Waals surface area contributed by atoms with Gasteiger partial charge in [0.2, 0.25) is 0 Å². The molecule has 2 aromatic rings. The minimum Gasteiger partial charge on any atom is -0.388 e. The van der Waals surface area contributed by atoms with Crippen LogP contribution in [0.5, 0.6) is 0 Å². The van der Waals surface area contributed by atoms with Crippen molar-refractivity contribution in [1.82, 2.24) is 19.7 Å². The normalized spacial score (nSPS) is 18.0. The van der Waals surface area contributed by atoms with Crippen molar-refractivity contribution in [2.24, 2.45) is 0 Å². The summed E-state index contributed by atoms with van der Waals surface area (Å²) in [6.07, 6.45) is 4.59. The summed E-state index contributed by atoms with van der Waals surface area (Å²) in [5.74, 6) is -0.139. The number of pyridine rings is 1. The van der Waals surface area contributed by atoms with Gasteiger partial charge in [0.05, 0.1) is 11.6 Å². The Morgan fingerprint density at radius 2 is 2.25 bits per heavy atom. The standard InChI is InChI=1S/C16H20FN5O2/c1-16(2,24)12-6-4-9-21(12)15(23)19-13-7-10-22(20-13)14-11(17)5-3-8-18-14/h3,5,7-8,10,12,24H,4,6,9H2,1-2H3,(H,19,20,23). The highest BCUT2D eigenvalue weighted by molar-refractivity contribution is 5.88. The van der Waals surface area contributed by atoms with Crippen LogP contribution in [0.25, 0.3) is 5.82 Å². The maximum absolute atomic E-state index is 13.7. The Morgan fingerprint density at radius 3 is 2.96 bits per heavy atom. The molecule has 1 aliphatic heterocycles. The van der Waals surface area contributed by atoms with Crippen molar-refractivity contribution in [3.8, 4) is 5.82 Å². The van der Waals surface area contributed by atoms with Crippen LogP contribution < -0.4 is 5.32 Å². The minimum absolute atomic E-state index is 0.0635. The number of aliphatic hydroxyl groups is 1. The average Bonchev–Trinajstić information content (AvgIpc) is 3.16. The van der Waals surface area contributed by atoms with Crippen LogP contribution in [-0.2, 0) is 0 Å². The number of nitrogens with zero attached hydrogens (tertiary/aromatic N) is 4. The Morgan fingerprint density at radius 1 is 1.46 bits per heavy atom. The number of halogens is 1. The van der Waals surface area contributed by atoms with Gasteiger partial charge in [0.1, 0.15) is 0 Å². The number of hydrogen-bond acceptors (Lipinski definition) is 4. The SMILES string of the molecule is CC(C)(O)C1CCCN1C(=O)Nc1ccn(-c2ncccc2F)n1. The summed E-state index contributed by atoms with van der Waals surface area (Å²) in [6, 6.07) is 3.79. The van der Waals surface area contributed by atoms with E-state index in [2.05, 4.69) is 15.4 Å². The Kier molecular flexibility index (Phi) is 4.23. The predicted octanol–water partition coefficient (Wildman–Crippen LogP) is 2.17. The summed E-state index contributed by atoms with van der Waals surface area (Å²) in [5, 5.41) is 17.0. The topological polar surface area (TPSA) is 83.3 Å². The molecule has 0 saturated carbocycles. The molecule has 1 saturated heterocycles. The van der Waals surface area contributed by atoms with Crippen LogP contribution in [0.15, 0.2) is 30.6 Å². The van der Waals surface area contributed by atoms with Gasteiger partial charge in [-0.3, -0.25) is 5.32 Å². The molecule has 7 nitrogen and oxygen atoms in total. The van der Waals surface area contributed by atoms with Crippen molar-refractivity contribution >= 4 is 11.8 Å². The second kappa shape index (κ2) is 6.20. The number of carbonyl (C=O) groups is 1. The molecular weight excluding hydrogens is 313 g/mol. The first-order valence-electron chi connectivity index (χ1n) is 7.83. The van der Waals surface area contributed by atoms with E-state index < -0.39 is 11.4 Å². The highest BCUT2D eigenvalue weighted by atomic mass is 19.1. The average molecular weight is 333 g/mol. The quantitative estimate of drug-likeness (QED) is 0.902. The molecular formula is C16H20FN5O2. The first kappa shape index (κ1) is 16.4. The van der Waals surface area contributed by atoms with Gasteiger partial charge >= 0.3 is 6.03 Å². The molecule has 24 heavy (non-hydrogen) atoms. The van der Waals surface area contributed by atoms with Crippen molar-refractivity contribution in [2.75, 3.05) is 11.9 Å². The zero-order valence-electron chi connectivity index (χ0n) is 13.6. The highest BCUT2D eigenvalue weighted by Crippen LogP contribution is 2.27. The number of carbonyl (C=O) groups excluding carboxylic acids is 1. The van der Waals surface area contributed by atoms with Crippen LogP contribution in [0, 0.1) is 5.82 Å². The number of nitrogens with one attached hydrogen (secondary N) is 1. The highest BCUT2D eigenvalue weighted by Gasteiger charge is 2.38. The Bertz CT molecular complexity index is 740. The lowest BCUT2D eigenvalue weighted by atomic mass is 9.97. The summed E-state index contributed by atoms with van der Waals surface area (Å²) in [7, 11) is 0. The zero-order valence-corrected chi connectivity index (χ0v) is 13.6. The first-order chi connectivity index (χ1) is 11.4. The van der Waals surface area contributed by atoms with Crippen molar-refractivity contribution in [1.29, 1.82) is 0 Å². The lowest BCUT2D eigenvalue weighted by Crippen LogP contribution is -2.49. The fourth-order valence-corrected chi connectivity index (χ4v) is 2.98. The van der Waals surface area contributed by atoms with E-state index in [1.165, 1.54) is 29.2 Å². The number of urea groups is 1. The zero-order chi connectivity index (χ0) is 17.3. The summed E-state index contributed by atoms with van der Waals surface area (Å²) in [5.41, 5.74) is -0.968. The van der Waals surface area contributed by atoms with Crippen LogP contribution in [0.4, 0.5) is 15.0 Å². The summed E-state index contributed by atoms with van der Waals surface area (Å²) in [4.78, 5) is 18.0. The molecule has 2 amide bonds. The van der Waals surface area contributed by atoms with Crippen molar-refractivity contribution in [3.05, 3.63) is 36.4 Å². The lowest BCUT2D eigenvalue weighted by molar-refractivity contribution is 0.0117. The maximum Gasteiger partial charge on any atom is 0.323 e. The molecule has 0 radical (unpaired) electrons. The number of anilines is 1. The van der Waals surface area contributed by atoms with E-state index in [1.807, 2.05) is 0 Å². The molecule has 1 aliphatic rings. The number of likely N-dealkylation sites (tertiary alicyclic amines) is 1. The van der Waals surface area contributed by atoms with E-state index in [0.29, 0.717) is 12.4 Å². The van der Waals surface area contributed by atoms with Gasteiger partial charge in [-0.05, 0) is 38.8 Å². The molecule has 1 unspecified atom stereocenters. The molecule has 1 atom stereocenters. The van der Waals surface area contributed by atoms with Crippen LogP contribution in [0.2, 0.25) is 0 Å². The molecule has 128 valence electrons. The van der Waals surface area contributed by atoms with Crippen LogP contribution in [0.1, 0.15) is 26.7 Å². The van der Waals surface area contributed by atoms with E-state index >= 15 is 0 Å². The Balaban J connectivity index is 1.73. The van der Waals surface area contributed by atoms with E-state index in [0.717, 1.165) is 12.8 Å².